The fourth-order valence-corrected chi connectivity index (χ4v) is 2.97. The van der Waals surface area contributed by atoms with Crippen molar-refractivity contribution in [1.29, 1.82) is 0 Å². The fourth-order valence-electron chi connectivity index (χ4n) is 2.97. The lowest BCUT2D eigenvalue weighted by Gasteiger charge is -2.16. The molecule has 2 atom stereocenters. The Morgan fingerprint density at radius 1 is 0.731 bits per heavy atom. The zero-order valence-corrected chi connectivity index (χ0v) is 16.9. The molecule has 0 aliphatic rings. The third kappa shape index (κ3) is 14.1. The van der Waals surface area contributed by atoms with E-state index in [0.717, 1.165) is 44.9 Å². The first-order valence-electron chi connectivity index (χ1n) is 10.6. The Kier molecular flexibility index (Phi) is 16.6. The summed E-state index contributed by atoms with van der Waals surface area (Å²) in [6, 6.07) is 0. The highest BCUT2D eigenvalue weighted by Gasteiger charge is 2.25. The molecule has 0 rings (SSSR count). The van der Waals surface area contributed by atoms with Crippen molar-refractivity contribution in [3.05, 3.63) is 0 Å². The molecular weight excluding hydrogens is 332 g/mol. The molecule has 2 unspecified atom stereocenters. The Bertz CT molecular complexity index is 356. The zero-order chi connectivity index (χ0) is 19.6. The Hall–Kier alpha value is -1.10. The third-order valence-corrected chi connectivity index (χ3v) is 4.71. The minimum absolute atomic E-state index is 0.317. The summed E-state index contributed by atoms with van der Waals surface area (Å²) in [5.74, 6) is -1.93. The zero-order valence-electron chi connectivity index (χ0n) is 16.9. The molecule has 0 aromatic carbocycles. The molecule has 26 heavy (non-hydrogen) atoms. The second-order valence-electron chi connectivity index (χ2n) is 7.25. The predicted molar refractivity (Wildman–Crippen MR) is 104 cm³/mol. The van der Waals surface area contributed by atoms with Gasteiger partial charge in [0.05, 0.1) is 0 Å². The highest BCUT2D eigenvalue weighted by molar-refractivity contribution is 5.80. The first-order chi connectivity index (χ1) is 12.5. The minimum Gasteiger partial charge on any atom is -0.479 e. The average molecular weight is 373 g/mol. The molecule has 0 aromatic heterocycles. The van der Waals surface area contributed by atoms with Gasteiger partial charge in [0.25, 0.3) is 0 Å². The highest BCUT2D eigenvalue weighted by atomic mass is 16.6. The highest BCUT2D eigenvalue weighted by Crippen LogP contribution is 2.14. The summed E-state index contributed by atoms with van der Waals surface area (Å²) in [6.07, 6.45) is 12.3. The number of aliphatic hydroxyl groups is 1. The van der Waals surface area contributed by atoms with Gasteiger partial charge in [-0.25, -0.2) is 9.59 Å². The number of aliphatic carboxylic acids is 1. The molecule has 5 heteroatoms. The summed E-state index contributed by atoms with van der Waals surface area (Å²) in [4.78, 5) is 23.2. The van der Waals surface area contributed by atoms with Gasteiger partial charge in [0.15, 0.2) is 12.2 Å². The number of rotatable bonds is 18. The van der Waals surface area contributed by atoms with Crippen molar-refractivity contribution < 1.29 is 24.5 Å². The van der Waals surface area contributed by atoms with Crippen LogP contribution in [-0.2, 0) is 14.3 Å². The van der Waals surface area contributed by atoms with Crippen LogP contribution in [0.15, 0.2) is 0 Å². The predicted octanol–water partition coefficient (Wildman–Crippen LogP) is 5.24. The molecule has 0 amide bonds. The summed E-state index contributed by atoms with van der Waals surface area (Å²) in [6.45, 7) is 4.33. The van der Waals surface area contributed by atoms with E-state index < -0.39 is 24.1 Å². The van der Waals surface area contributed by atoms with E-state index in [1.807, 2.05) is 0 Å². The van der Waals surface area contributed by atoms with Crippen LogP contribution in [0.5, 0.6) is 0 Å². The SMILES string of the molecule is CCCCCCCCCC(O)C(=O)OC(CCCCCCCC)C(=O)O. The van der Waals surface area contributed by atoms with Gasteiger partial charge in [-0.3, -0.25) is 0 Å². The molecule has 0 aliphatic heterocycles. The maximum Gasteiger partial charge on any atom is 0.345 e. The number of carbonyl (C=O) groups excluding carboxylic acids is 1. The van der Waals surface area contributed by atoms with Crippen LogP contribution in [0, 0.1) is 0 Å². The molecule has 0 aromatic rings. The van der Waals surface area contributed by atoms with E-state index >= 15 is 0 Å². The van der Waals surface area contributed by atoms with Crippen LogP contribution in [-0.4, -0.2) is 34.4 Å². The molecule has 0 saturated heterocycles. The lowest BCUT2D eigenvalue weighted by Crippen LogP contribution is -2.32. The topological polar surface area (TPSA) is 83.8 Å². The quantitative estimate of drug-likeness (QED) is 0.254. The van der Waals surface area contributed by atoms with Gasteiger partial charge in [0, 0.05) is 0 Å². The molecule has 154 valence electrons. The monoisotopic (exact) mass is 372 g/mol. The summed E-state index contributed by atoms with van der Waals surface area (Å²) in [5, 5.41) is 19.1. The van der Waals surface area contributed by atoms with Gasteiger partial charge >= 0.3 is 11.9 Å². The molecule has 0 spiro atoms. The molecule has 0 aliphatic carbocycles. The van der Waals surface area contributed by atoms with Crippen LogP contribution in [0.2, 0.25) is 0 Å². The van der Waals surface area contributed by atoms with Gasteiger partial charge in [0.2, 0.25) is 0 Å². The molecular formula is C21H40O5. The van der Waals surface area contributed by atoms with Gasteiger partial charge in [0.1, 0.15) is 0 Å². The molecule has 2 N–H and O–H groups in total. The second-order valence-corrected chi connectivity index (χ2v) is 7.25. The standard InChI is InChI=1S/C21H40O5/c1-3-5-7-9-11-12-14-16-18(22)21(25)26-19(20(23)24)17-15-13-10-8-6-4-2/h18-19,22H,3-17H2,1-2H3,(H,23,24). The van der Waals surface area contributed by atoms with Crippen molar-refractivity contribution >= 4 is 11.9 Å². The van der Waals surface area contributed by atoms with Gasteiger partial charge in [-0.15, -0.1) is 0 Å². The number of hydrogen-bond acceptors (Lipinski definition) is 4. The minimum atomic E-state index is -1.21. The van der Waals surface area contributed by atoms with Crippen LogP contribution < -0.4 is 0 Å². The van der Waals surface area contributed by atoms with Crippen molar-refractivity contribution in [1.82, 2.24) is 0 Å². The van der Waals surface area contributed by atoms with E-state index in [1.54, 1.807) is 0 Å². The Morgan fingerprint density at radius 3 is 1.62 bits per heavy atom. The number of carbonyl (C=O) groups is 2. The molecule has 0 fully saturated rings. The smallest absolute Gasteiger partial charge is 0.345 e. The van der Waals surface area contributed by atoms with Crippen LogP contribution >= 0.6 is 0 Å². The number of unbranched alkanes of at least 4 members (excludes halogenated alkanes) is 11. The van der Waals surface area contributed by atoms with Crippen LogP contribution in [0.1, 0.15) is 110 Å². The fraction of sp³-hybridized carbons (Fsp3) is 0.905. The lowest BCUT2D eigenvalue weighted by molar-refractivity contribution is -0.170. The van der Waals surface area contributed by atoms with E-state index in [4.69, 9.17) is 4.74 Å². The Labute approximate surface area is 159 Å². The second kappa shape index (κ2) is 17.3. The van der Waals surface area contributed by atoms with Crippen LogP contribution in [0.25, 0.3) is 0 Å². The van der Waals surface area contributed by atoms with E-state index in [1.165, 1.54) is 38.5 Å². The first kappa shape index (κ1) is 24.9. The summed E-state index contributed by atoms with van der Waals surface area (Å²) in [7, 11) is 0. The van der Waals surface area contributed by atoms with Gasteiger partial charge in [-0.05, 0) is 19.3 Å². The van der Waals surface area contributed by atoms with Crippen molar-refractivity contribution in [3.8, 4) is 0 Å². The van der Waals surface area contributed by atoms with E-state index in [0.29, 0.717) is 12.8 Å². The van der Waals surface area contributed by atoms with Gasteiger partial charge in [-0.1, -0.05) is 90.9 Å². The lowest BCUT2D eigenvalue weighted by atomic mass is 10.1. The Morgan fingerprint density at radius 2 is 1.15 bits per heavy atom. The van der Waals surface area contributed by atoms with Gasteiger partial charge < -0.3 is 14.9 Å². The summed E-state index contributed by atoms with van der Waals surface area (Å²) in [5.41, 5.74) is 0. The summed E-state index contributed by atoms with van der Waals surface area (Å²) < 4.78 is 5.02. The van der Waals surface area contributed by atoms with Crippen molar-refractivity contribution in [3.63, 3.8) is 0 Å². The molecule has 0 saturated carbocycles. The number of esters is 1. The van der Waals surface area contributed by atoms with Crippen LogP contribution in [0.4, 0.5) is 0 Å². The number of aliphatic hydroxyl groups excluding tert-OH is 1. The van der Waals surface area contributed by atoms with E-state index in [2.05, 4.69) is 13.8 Å². The summed E-state index contributed by atoms with van der Waals surface area (Å²) >= 11 is 0. The third-order valence-electron chi connectivity index (χ3n) is 4.71. The molecule has 0 radical (unpaired) electrons. The van der Waals surface area contributed by atoms with Gasteiger partial charge in [-0.2, -0.15) is 0 Å². The number of carboxylic acids is 1. The van der Waals surface area contributed by atoms with Crippen molar-refractivity contribution in [2.75, 3.05) is 0 Å². The molecule has 0 heterocycles. The maximum absolute atomic E-state index is 11.9. The van der Waals surface area contributed by atoms with Crippen molar-refractivity contribution in [2.24, 2.45) is 0 Å². The number of ether oxygens (including phenoxy) is 1. The largest absolute Gasteiger partial charge is 0.479 e. The first-order valence-corrected chi connectivity index (χ1v) is 10.6. The van der Waals surface area contributed by atoms with E-state index in [9.17, 15) is 19.8 Å². The number of hydrogen-bond donors (Lipinski definition) is 2. The van der Waals surface area contributed by atoms with E-state index in [-0.39, 0.29) is 0 Å². The van der Waals surface area contributed by atoms with Crippen molar-refractivity contribution in [2.45, 2.75) is 122 Å². The normalized spacial score (nSPS) is 13.3. The Balaban J connectivity index is 3.91. The maximum atomic E-state index is 11.9. The number of carboxylic acid groups (broad SMARTS) is 1. The van der Waals surface area contributed by atoms with Crippen LogP contribution in [0.3, 0.4) is 0 Å². The molecule has 0 bridgehead atoms. The average Bonchev–Trinajstić information content (AvgIpc) is 2.62. The molecule has 5 nitrogen and oxygen atoms in total.